The molecule has 1 aromatic heterocycles. The van der Waals surface area contributed by atoms with Crippen LogP contribution in [-0.2, 0) is 12.0 Å². The molecule has 112 valence electrons. The number of anilines is 1. The Balaban J connectivity index is 1.97. The lowest BCUT2D eigenvalue weighted by Crippen LogP contribution is -2.29. The summed E-state index contributed by atoms with van der Waals surface area (Å²) in [6, 6.07) is 11.4. The first kappa shape index (κ1) is 15.1. The monoisotopic (exact) mass is 287 g/mol. The Kier molecular flexibility index (Phi) is 4.65. The maximum absolute atomic E-state index is 10.3. The van der Waals surface area contributed by atoms with Crippen molar-refractivity contribution in [3.8, 4) is 0 Å². The fourth-order valence-corrected chi connectivity index (χ4v) is 1.91. The van der Waals surface area contributed by atoms with Crippen LogP contribution in [0.15, 0.2) is 52.1 Å². The molecule has 2 rings (SSSR count). The van der Waals surface area contributed by atoms with Gasteiger partial charge in [-0.2, -0.15) is 0 Å². The molecule has 0 saturated carbocycles. The fraction of sp³-hybridized carbons (Fsp3) is 0.312. The van der Waals surface area contributed by atoms with Crippen molar-refractivity contribution >= 4 is 11.6 Å². The first-order valence-electron chi connectivity index (χ1n) is 6.93. The van der Waals surface area contributed by atoms with Crippen molar-refractivity contribution in [1.82, 2.24) is 0 Å². The van der Waals surface area contributed by atoms with E-state index < -0.39 is 5.60 Å². The van der Waals surface area contributed by atoms with Gasteiger partial charge in [0.2, 0.25) is 0 Å². The van der Waals surface area contributed by atoms with Crippen LogP contribution in [0.2, 0.25) is 0 Å². The molecular formula is C16H21N3O2. The van der Waals surface area contributed by atoms with Crippen LogP contribution in [0.25, 0.3) is 0 Å². The van der Waals surface area contributed by atoms with Gasteiger partial charge in [-0.15, -0.1) is 0 Å². The summed E-state index contributed by atoms with van der Waals surface area (Å²) >= 11 is 0. The molecule has 0 aliphatic rings. The number of hydrogen-bond donors (Lipinski definition) is 3. The van der Waals surface area contributed by atoms with Crippen LogP contribution in [0.3, 0.4) is 0 Å². The molecule has 4 N–H and O–H groups in total. The summed E-state index contributed by atoms with van der Waals surface area (Å²) in [5, 5.41) is 13.3. The minimum atomic E-state index is -1.18. The van der Waals surface area contributed by atoms with E-state index >= 15 is 0 Å². The zero-order chi connectivity index (χ0) is 15.3. The number of aliphatic hydroxyl groups is 1. The van der Waals surface area contributed by atoms with Crippen LogP contribution in [-0.4, -0.2) is 17.6 Å². The molecule has 0 saturated heterocycles. The summed E-state index contributed by atoms with van der Waals surface area (Å²) in [4.78, 5) is 4.16. The lowest BCUT2D eigenvalue weighted by Gasteiger charge is -2.18. The number of aliphatic imine (C=N–C) groups is 1. The highest BCUT2D eigenvalue weighted by Crippen LogP contribution is 2.21. The minimum absolute atomic E-state index is 0.117. The molecule has 1 atom stereocenters. The molecule has 0 aliphatic heterocycles. The van der Waals surface area contributed by atoms with Crippen molar-refractivity contribution in [3.05, 3.63) is 54.0 Å². The summed E-state index contributed by atoms with van der Waals surface area (Å²) < 4.78 is 5.19. The molecule has 0 radical (unpaired) electrons. The normalized spacial score (nSPS) is 14.7. The molecule has 0 spiro atoms. The third-order valence-electron chi connectivity index (χ3n) is 3.24. The van der Waals surface area contributed by atoms with E-state index in [-0.39, 0.29) is 12.5 Å². The van der Waals surface area contributed by atoms with Crippen LogP contribution in [0.5, 0.6) is 0 Å². The fourth-order valence-electron chi connectivity index (χ4n) is 1.91. The average molecular weight is 287 g/mol. The van der Waals surface area contributed by atoms with Crippen LogP contribution in [0, 0.1) is 0 Å². The van der Waals surface area contributed by atoms with Gasteiger partial charge in [-0.05, 0) is 43.2 Å². The Morgan fingerprint density at radius 3 is 2.62 bits per heavy atom. The SMILES string of the molecule is CCc1ccc(NC(N)=NCC(C)(O)c2ccco2)cc1. The van der Waals surface area contributed by atoms with E-state index in [1.807, 2.05) is 24.3 Å². The van der Waals surface area contributed by atoms with Crippen molar-refractivity contribution in [2.24, 2.45) is 10.7 Å². The predicted octanol–water partition coefficient (Wildman–Crippen LogP) is 2.48. The van der Waals surface area contributed by atoms with Gasteiger partial charge in [0, 0.05) is 5.69 Å². The number of furan rings is 1. The third kappa shape index (κ3) is 4.10. The highest BCUT2D eigenvalue weighted by molar-refractivity contribution is 5.92. The Bertz CT molecular complexity index is 586. The van der Waals surface area contributed by atoms with Gasteiger partial charge in [-0.25, -0.2) is 4.99 Å². The van der Waals surface area contributed by atoms with Crippen LogP contribution in [0.1, 0.15) is 25.2 Å². The zero-order valence-electron chi connectivity index (χ0n) is 12.3. The molecule has 0 aliphatic carbocycles. The van der Waals surface area contributed by atoms with Crippen molar-refractivity contribution < 1.29 is 9.52 Å². The van der Waals surface area contributed by atoms with E-state index in [4.69, 9.17) is 10.2 Å². The van der Waals surface area contributed by atoms with E-state index in [9.17, 15) is 5.11 Å². The number of nitrogens with one attached hydrogen (secondary N) is 1. The maximum atomic E-state index is 10.3. The van der Waals surface area contributed by atoms with E-state index in [1.165, 1.54) is 11.8 Å². The Morgan fingerprint density at radius 2 is 2.05 bits per heavy atom. The number of rotatable bonds is 5. The molecule has 1 aromatic carbocycles. The van der Waals surface area contributed by atoms with E-state index in [0.717, 1.165) is 12.1 Å². The summed E-state index contributed by atoms with van der Waals surface area (Å²) in [6.07, 6.45) is 2.51. The minimum Gasteiger partial charge on any atom is -0.466 e. The Morgan fingerprint density at radius 1 is 1.33 bits per heavy atom. The predicted molar refractivity (Wildman–Crippen MR) is 84.2 cm³/mol. The summed E-state index contributed by atoms with van der Waals surface area (Å²) in [5.74, 6) is 0.720. The molecule has 5 heteroatoms. The van der Waals surface area contributed by atoms with Crippen molar-refractivity contribution in [2.45, 2.75) is 25.9 Å². The van der Waals surface area contributed by atoms with Crippen molar-refractivity contribution in [1.29, 1.82) is 0 Å². The second kappa shape index (κ2) is 6.45. The highest BCUT2D eigenvalue weighted by Gasteiger charge is 2.25. The molecule has 0 amide bonds. The number of guanidine groups is 1. The Labute approximate surface area is 124 Å². The third-order valence-corrected chi connectivity index (χ3v) is 3.24. The average Bonchev–Trinajstić information content (AvgIpc) is 3.01. The van der Waals surface area contributed by atoms with Gasteiger partial charge in [0.1, 0.15) is 11.4 Å². The van der Waals surface area contributed by atoms with E-state index in [1.54, 1.807) is 19.1 Å². The van der Waals surface area contributed by atoms with Crippen LogP contribution < -0.4 is 11.1 Å². The highest BCUT2D eigenvalue weighted by atomic mass is 16.4. The largest absolute Gasteiger partial charge is 0.466 e. The first-order valence-corrected chi connectivity index (χ1v) is 6.93. The van der Waals surface area contributed by atoms with Gasteiger partial charge in [-0.1, -0.05) is 19.1 Å². The summed E-state index contributed by atoms with van der Waals surface area (Å²) in [6.45, 7) is 3.86. The van der Waals surface area contributed by atoms with Crippen LogP contribution >= 0.6 is 0 Å². The van der Waals surface area contributed by atoms with Crippen molar-refractivity contribution in [2.75, 3.05) is 11.9 Å². The lowest BCUT2D eigenvalue weighted by molar-refractivity contribution is 0.0438. The Hall–Kier alpha value is -2.27. The molecular weight excluding hydrogens is 266 g/mol. The van der Waals surface area contributed by atoms with Crippen molar-refractivity contribution in [3.63, 3.8) is 0 Å². The second-order valence-corrected chi connectivity index (χ2v) is 5.13. The number of aryl methyl sites for hydroxylation is 1. The van der Waals surface area contributed by atoms with Gasteiger partial charge in [0.25, 0.3) is 0 Å². The molecule has 0 fully saturated rings. The lowest BCUT2D eigenvalue weighted by atomic mass is 10.0. The number of benzene rings is 1. The molecule has 2 aromatic rings. The van der Waals surface area contributed by atoms with Gasteiger partial charge < -0.3 is 20.6 Å². The molecule has 5 nitrogen and oxygen atoms in total. The molecule has 1 heterocycles. The van der Waals surface area contributed by atoms with E-state index in [0.29, 0.717) is 5.76 Å². The quantitative estimate of drug-likeness (QED) is 0.582. The molecule has 0 bridgehead atoms. The second-order valence-electron chi connectivity index (χ2n) is 5.13. The first-order chi connectivity index (χ1) is 10.0. The number of nitrogens with zero attached hydrogens (tertiary/aromatic N) is 1. The molecule has 1 unspecified atom stereocenters. The van der Waals surface area contributed by atoms with Gasteiger partial charge in [-0.3, -0.25) is 0 Å². The van der Waals surface area contributed by atoms with Gasteiger partial charge >= 0.3 is 0 Å². The van der Waals surface area contributed by atoms with Crippen LogP contribution in [0.4, 0.5) is 5.69 Å². The zero-order valence-corrected chi connectivity index (χ0v) is 12.3. The summed E-state index contributed by atoms with van der Waals surface area (Å²) in [5.41, 5.74) is 6.78. The summed E-state index contributed by atoms with van der Waals surface area (Å²) in [7, 11) is 0. The molecule has 21 heavy (non-hydrogen) atoms. The van der Waals surface area contributed by atoms with E-state index in [2.05, 4.69) is 17.2 Å². The van der Waals surface area contributed by atoms with Gasteiger partial charge in [0.05, 0.1) is 12.8 Å². The smallest absolute Gasteiger partial charge is 0.193 e. The maximum Gasteiger partial charge on any atom is 0.193 e. The number of hydrogen-bond acceptors (Lipinski definition) is 3. The standard InChI is InChI=1S/C16H21N3O2/c1-3-12-6-8-13(9-7-12)19-15(17)18-11-16(2,20)14-5-4-10-21-14/h4-10,20H,3,11H2,1-2H3,(H3,17,18,19). The number of nitrogens with two attached hydrogens (primary N) is 1. The topological polar surface area (TPSA) is 83.8 Å². The van der Waals surface area contributed by atoms with Gasteiger partial charge in [0.15, 0.2) is 5.96 Å².